The van der Waals surface area contributed by atoms with Crippen LogP contribution in [0.15, 0.2) is 35.7 Å². The molecule has 0 spiro atoms. The minimum absolute atomic E-state index is 0.0255. The molecule has 1 heterocycles. The fourth-order valence-corrected chi connectivity index (χ4v) is 4.74. The first-order valence-electron chi connectivity index (χ1n) is 9.80. The van der Waals surface area contributed by atoms with Crippen LogP contribution >= 0.6 is 22.9 Å². The number of ether oxygens (including phenoxy) is 1. The number of rotatable bonds is 6. The smallest absolute Gasteiger partial charge is 0.471 e. The van der Waals surface area contributed by atoms with Crippen LogP contribution in [0.2, 0.25) is 5.02 Å². The Morgan fingerprint density at radius 1 is 1.23 bits per heavy atom. The number of nitrogens with one attached hydrogen (secondary N) is 1. The van der Waals surface area contributed by atoms with Crippen molar-refractivity contribution in [2.45, 2.75) is 50.4 Å². The molecule has 3 rings (SSSR count). The highest BCUT2D eigenvalue weighted by molar-refractivity contribution is 7.10. The molecule has 1 saturated carbocycles. The second-order valence-electron chi connectivity index (χ2n) is 7.25. The van der Waals surface area contributed by atoms with Crippen LogP contribution in [0.3, 0.4) is 0 Å². The Morgan fingerprint density at radius 2 is 1.94 bits per heavy atom. The van der Waals surface area contributed by atoms with Crippen molar-refractivity contribution in [1.29, 1.82) is 0 Å². The van der Waals surface area contributed by atoms with Gasteiger partial charge in [0.15, 0.2) is 6.04 Å². The predicted molar refractivity (Wildman–Crippen MR) is 114 cm³/mol. The number of hydrogen-bond donors (Lipinski definition) is 1. The van der Waals surface area contributed by atoms with E-state index < -0.39 is 24.0 Å². The Hall–Kier alpha value is -2.26. The van der Waals surface area contributed by atoms with Gasteiger partial charge < -0.3 is 10.1 Å². The average Bonchev–Trinajstić information content (AvgIpc) is 3.25. The molecule has 0 bridgehead atoms. The van der Waals surface area contributed by atoms with Gasteiger partial charge in [-0.2, -0.15) is 13.2 Å². The van der Waals surface area contributed by atoms with E-state index in [1.165, 1.54) is 31.4 Å². The standard InChI is InChI=1S/C21H22ClF3N2O3S/c1-30-16-10-9-14(12-15(16)22)27(20(29)21(23,24)25)18(17-8-5-11-31-17)19(28)26-13-6-3-2-4-7-13/h5,8-13,18H,2-4,6-7H2,1H3,(H,26,28). The summed E-state index contributed by atoms with van der Waals surface area (Å²) in [4.78, 5) is 26.5. The van der Waals surface area contributed by atoms with Gasteiger partial charge in [-0.1, -0.05) is 36.9 Å². The molecule has 1 aromatic heterocycles. The molecule has 0 saturated heterocycles. The van der Waals surface area contributed by atoms with Crippen molar-refractivity contribution >= 4 is 40.4 Å². The largest absolute Gasteiger partial charge is 0.495 e. The number of amides is 2. The molecular weight excluding hydrogens is 453 g/mol. The average molecular weight is 475 g/mol. The molecule has 1 aliphatic carbocycles. The molecule has 1 unspecified atom stereocenters. The molecule has 168 valence electrons. The molecule has 1 atom stereocenters. The summed E-state index contributed by atoms with van der Waals surface area (Å²) in [6.07, 6.45) is -0.743. The van der Waals surface area contributed by atoms with Crippen LogP contribution < -0.4 is 15.0 Å². The van der Waals surface area contributed by atoms with Crippen LogP contribution in [0.1, 0.15) is 43.0 Å². The number of thiophene rings is 1. The highest BCUT2D eigenvalue weighted by Crippen LogP contribution is 2.37. The Kier molecular flexibility index (Phi) is 7.48. The number of carbonyl (C=O) groups is 2. The van der Waals surface area contributed by atoms with Crippen molar-refractivity contribution < 1.29 is 27.5 Å². The van der Waals surface area contributed by atoms with Crippen molar-refractivity contribution in [3.05, 3.63) is 45.6 Å². The van der Waals surface area contributed by atoms with Crippen LogP contribution in [0.4, 0.5) is 18.9 Å². The van der Waals surface area contributed by atoms with Crippen molar-refractivity contribution in [2.24, 2.45) is 0 Å². The van der Waals surface area contributed by atoms with Gasteiger partial charge in [-0.05, 0) is 42.5 Å². The predicted octanol–water partition coefficient (Wildman–Crippen LogP) is 5.50. The molecule has 2 aromatic rings. The Bertz CT molecular complexity index is 915. The first kappa shape index (κ1) is 23.4. The normalized spacial score (nSPS) is 15.9. The second-order valence-corrected chi connectivity index (χ2v) is 8.64. The van der Waals surface area contributed by atoms with Crippen LogP contribution in [0, 0.1) is 0 Å². The zero-order valence-electron chi connectivity index (χ0n) is 16.7. The minimum atomic E-state index is -5.19. The van der Waals surface area contributed by atoms with Gasteiger partial charge in [0.1, 0.15) is 5.75 Å². The van der Waals surface area contributed by atoms with Crippen LogP contribution in [-0.2, 0) is 9.59 Å². The lowest BCUT2D eigenvalue weighted by atomic mass is 9.95. The van der Waals surface area contributed by atoms with Gasteiger partial charge in [-0.25, -0.2) is 0 Å². The molecule has 2 amide bonds. The lowest BCUT2D eigenvalue weighted by Gasteiger charge is -2.33. The first-order valence-corrected chi connectivity index (χ1v) is 11.1. The number of alkyl halides is 3. The van der Waals surface area contributed by atoms with E-state index in [-0.39, 0.29) is 22.5 Å². The van der Waals surface area contributed by atoms with Gasteiger partial charge in [0.25, 0.3) is 0 Å². The maximum atomic E-state index is 13.6. The molecule has 1 fully saturated rings. The van der Waals surface area contributed by atoms with Gasteiger partial charge in [0.05, 0.1) is 12.1 Å². The van der Waals surface area contributed by atoms with E-state index in [9.17, 15) is 22.8 Å². The number of halogens is 4. The van der Waals surface area contributed by atoms with E-state index in [0.29, 0.717) is 9.78 Å². The van der Waals surface area contributed by atoms with E-state index in [4.69, 9.17) is 16.3 Å². The highest BCUT2D eigenvalue weighted by Gasteiger charge is 2.48. The summed E-state index contributed by atoms with van der Waals surface area (Å²) in [6, 6.07) is 5.38. The SMILES string of the molecule is COc1ccc(N(C(=O)C(F)(F)F)C(C(=O)NC2CCCCC2)c2cccs2)cc1Cl. The molecule has 0 aliphatic heterocycles. The highest BCUT2D eigenvalue weighted by atomic mass is 35.5. The number of nitrogens with zero attached hydrogens (tertiary/aromatic N) is 1. The van der Waals surface area contributed by atoms with Gasteiger partial charge in [-0.3, -0.25) is 14.5 Å². The summed E-state index contributed by atoms with van der Waals surface area (Å²) in [5.74, 6) is -2.56. The quantitative estimate of drug-likeness (QED) is 0.601. The van der Waals surface area contributed by atoms with Gasteiger partial charge in [0.2, 0.25) is 5.91 Å². The Morgan fingerprint density at radius 3 is 2.48 bits per heavy atom. The summed E-state index contributed by atoms with van der Waals surface area (Å²) >= 11 is 7.22. The first-order chi connectivity index (χ1) is 14.7. The lowest BCUT2D eigenvalue weighted by molar-refractivity contribution is -0.171. The molecule has 5 nitrogen and oxygen atoms in total. The Labute approximate surface area is 187 Å². The number of hydrogen-bond acceptors (Lipinski definition) is 4. The number of benzene rings is 1. The van der Waals surface area contributed by atoms with Crippen LogP contribution in [0.25, 0.3) is 0 Å². The maximum absolute atomic E-state index is 13.6. The number of anilines is 1. The zero-order chi connectivity index (χ0) is 22.6. The molecule has 31 heavy (non-hydrogen) atoms. The van der Waals surface area contributed by atoms with Crippen LogP contribution in [-0.4, -0.2) is 31.1 Å². The summed E-state index contributed by atoms with van der Waals surface area (Å²) < 4.78 is 45.8. The third kappa shape index (κ3) is 5.51. The summed E-state index contributed by atoms with van der Waals surface area (Å²) in [5, 5.41) is 4.52. The third-order valence-corrected chi connectivity index (χ3v) is 6.37. The number of methoxy groups -OCH3 is 1. The van der Waals surface area contributed by atoms with E-state index >= 15 is 0 Å². The molecule has 1 aromatic carbocycles. The monoisotopic (exact) mass is 474 g/mol. The molecule has 1 aliphatic rings. The van der Waals surface area contributed by atoms with Crippen molar-refractivity contribution in [2.75, 3.05) is 12.0 Å². The van der Waals surface area contributed by atoms with Crippen LogP contribution in [0.5, 0.6) is 5.75 Å². The van der Waals surface area contributed by atoms with Crippen molar-refractivity contribution in [3.8, 4) is 5.75 Å². The molecule has 1 N–H and O–H groups in total. The summed E-state index contributed by atoms with van der Waals surface area (Å²) in [7, 11) is 1.37. The number of carbonyl (C=O) groups excluding carboxylic acids is 2. The Balaban J connectivity index is 2.05. The molecule has 0 radical (unpaired) electrons. The third-order valence-electron chi connectivity index (χ3n) is 5.15. The summed E-state index contributed by atoms with van der Waals surface area (Å²) in [5.41, 5.74) is -0.148. The van der Waals surface area contributed by atoms with E-state index in [1.807, 2.05) is 0 Å². The lowest BCUT2D eigenvalue weighted by Crippen LogP contribution is -2.50. The van der Waals surface area contributed by atoms with Crippen molar-refractivity contribution in [1.82, 2.24) is 5.32 Å². The van der Waals surface area contributed by atoms with E-state index in [0.717, 1.165) is 43.4 Å². The van der Waals surface area contributed by atoms with E-state index in [2.05, 4.69) is 5.32 Å². The summed E-state index contributed by atoms with van der Waals surface area (Å²) in [6.45, 7) is 0. The topological polar surface area (TPSA) is 58.6 Å². The van der Waals surface area contributed by atoms with Crippen molar-refractivity contribution in [3.63, 3.8) is 0 Å². The maximum Gasteiger partial charge on any atom is 0.471 e. The van der Waals surface area contributed by atoms with E-state index in [1.54, 1.807) is 11.4 Å². The van der Waals surface area contributed by atoms with Gasteiger partial charge >= 0.3 is 12.1 Å². The second kappa shape index (κ2) is 9.91. The molecular formula is C21H22ClF3N2O3S. The fourth-order valence-electron chi connectivity index (χ4n) is 3.67. The van der Waals surface area contributed by atoms with Gasteiger partial charge in [-0.15, -0.1) is 11.3 Å². The molecule has 10 heteroatoms. The minimum Gasteiger partial charge on any atom is -0.495 e. The fraction of sp³-hybridized carbons (Fsp3) is 0.429. The zero-order valence-corrected chi connectivity index (χ0v) is 18.3. The van der Waals surface area contributed by atoms with Gasteiger partial charge in [0, 0.05) is 16.6 Å².